The second-order valence-corrected chi connectivity index (χ2v) is 7.02. The summed E-state index contributed by atoms with van der Waals surface area (Å²) in [5.41, 5.74) is 1.06. The average molecular weight is 329 g/mol. The molecule has 1 atom stereocenters. The Hall–Kier alpha value is -2.21. The summed E-state index contributed by atoms with van der Waals surface area (Å²) in [5, 5.41) is 0.956. The predicted octanol–water partition coefficient (Wildman–Crippen LogP) is 2.50. The number of nitrogens with zero attached hydrogens (tertiary/aromatic N) is 3. The number of hydrogen-bond acceptors (Lipinski definition) is 4. The van der Waals surface area contributed by atoms with E-state index in [1.54, 1.807) is 23.3 Å². The molecule has 0 bridgehead atoms. The molecule has 1 aromatic carbocycles. The van der Waals surface area contributed by atoms with Crippen molar-refractivity contribution in [1.29, 1.82) is 0 Å². The second-order valence-electron chi connectivity index (χ2n) is 5.70. The van der Waals surface area contributed by atoms with Gasteiger partial charge in [0.25, 0.3) is 5.91 Å². The standard InChI is InChI=1S/C17H19N3O2S/c1-12-11-18-15(23-12)8-9-20-16(21)14(19(2)17(20)22)10-13-6-4-3-5-7-13/h3-7,11,14H,8-10H2,1-2H3/t14-/m1/s1. The topological polar surface area (TPSA) is 53.5 Å². The molecule has 0 unspecified atom stereocenters. The summed E-state index contributed by atoms with van der Waals surface area (Å²) in [6.45, 7) is 2.39. The Bertz CT molecular complexity index is 714. The molecule has 0 radical (unpaired) electrons. The van der Waals surface area contributed by atoms with E-state index in [1.165, 1.54) is 4.90 Å². The van der Waals surface area contributed by atoms with E-state index < -0.39 is 6.04 Å². The largest absolute Gasteiger partial charge is 0.327 e. The molecule has 23 heavy (non-hydrogen) atoms. The first-order valence-electron chi connectivity index (χ1n) is 7.59. The van der Waals surface area contributed by atoms with Gasteiger partial charge in [0.15, 0.2) is 0 Å². The van der Waals surface area contributed by atoms with Gasteiger partial charge in [0.1, 0.15) is 6.04 Å². The van der Waals surface area contributed by atoms with Crippen LogP contribution in [0.2, 0.25) is 0 Å². The molecule has 0 aliphatic carbocycles. The Labute approximate surface area is 139 Å². The number of thiazole rings is 1. The second kappa shape index (κ2) is 6.50. The summed E-state index contributed by atoms with van der Waals surface area (Å²) in [7, 11) is 1.70. The Morgan fingerprint density at radius 1 is 1.22 bits per heavy atom. The van der Waals surface area contributed by atoms with Gasteiger partial charge in [-0.3, -0.25) is 9.69 Å². The highest BCUT2D eigenvalue weighted by Crippen LogP contribution is 2.21. The highest BCUT2D eigenvalue weighted by molar-refractivity contribution is 7.11. The number of rotatable bonds is 5. The molecule has 1 fully saturated rings. The zero-order valence-corrected chi connectivity index (χ0v) is 14.0. The molecule has 1 aliphatic heterocycles. The summed E-state index contributed by atoms with van der Waals surface area (Å²) in [4.78, 5) is 33.3. The van der Waals surface area contributed by atoms with Gasteiger partial charge in [-0.05, 0) is 12.5 Å². The Kier molecular flexibility index (Phi) is 4.43. The molecule has 5 nitrogen and oxygen atoms in total. The van der Waals surface area contributed by atoms with Crippen molar-refractivity contribution < 1.29 is 9.59 Å². The summed E-state index contributed by atoms with van der Waals surface area (Å²) >= 11 is 1.60. The lowest BCUT2D eigenvalue weighted by Crippen LogP contribution is -2.34. The molecule has 2 heterocycles. The molecule has 3 rings (SSSR count). The summed E-state index contributed by atoms with van der Waals surface area (Å²) in [5.74, 6) is -0.116. The van der Waals surface area contributed by atoms with Crippen LogP contribution in [0.3, 0.4) is 0 Å². The first-order chi connectivity index (χ1) is 11.1. The van der Waals surface area contributed by atoms with Crippen LogP contribution in [0.5, 0.6) is 0 Å². The fourth-order valence-electron chi connectivity index (χ4n) is 2.76. The third-order valence-corrected chi connectivity index (χ3v) is 5.01. The van der Waals surface area contributed by atoms with Gasteiger partial charge in [-0.15, -0.1) is 11.3 Å². The Morgan fingerprint density at radius 3 is 2.61 bits per heavy atom. The molecule has 3 amide bonds. The molecular weight excluding hydrogens is 310 g/mol. The third kappa shape index (κ3) is 3.27. The number of carbonyl (C=O) groups excluding carboxylic acids is 2. The number of urea groups is 1. The van der Waals surface area contributed by atoms with Crippen LogP contribution in [0.4, 0.5) is 4.79 Å². The van der Waals surface area contributed by atoms with Crippen molar-refractivity contribution in [2.45, 2.75) is 25.8 Å². The van der Waals surface area contributed by atoms with Crippen molar-refractivity contribution >= 4 is 23.3 Å². The first-order valence-corrected chi connectivity index (χ1v) is 8.41. The quantitative estimate of drug-likeness (QED) is 0.792. The van der Waals surface area contributed by atoms with Crippen LogP contribution in [0.1, 0.15) is 15.4 Å². The zero-order valence-electron chi connectivity index (χ0n) is 13.2. The lowest BCUT2D eigenvalue weighted by molar-refractivity contribution is -0.128. The van der Waals surface area contributed by atoms with Crippen LogP contribution in [-0.2, 0) is 17.6 Å². The van der Waals surface area contributed by atoms with E-state index in [2.05, 4.69) is 4.98 Å². The first kappa shape index (κ1) is 15.7. The SMILES string of the molecule is Cc1cnc(CCN2C(=O)[C@@H](Cc3ccccc3)N(C)C2=O)s1. The maximum atomic E-state index is 12.6. The van der Waals surface area contributed by atoms with Gasteiger partial charge in [-0.1, -0.05) is 30.3 Å². The molecule has 0 spiro atoms. The van der Waals surface area contributed by atoms with Gasteiger partial charge in [0, 0.05) is 37.5 Å². The average Bonchev–Trinajstić information content (AvgIpc) is 3.05. The fraction of sp³-hybridized carbons (Fsp3) is 0.353. The van der Waals surface area contributed by atoms with E-state index in [9.17, 15) is 9.59 Å². The number of aromatic nitrogens is 1. The number of hydrogen-bond donors (Lipinski definition) is 0. The third-order valence-electron chi connectivity index (χ3n) is 4.04. The van der Waals surface area contributed by atoms with Gasteiger partial charge in [-0.25, -0.2) is 9.78 Å². The van der Waals surface area contributed by atoms with Crippen molar-refractivity contribution in [1.82, 2.24) is 14.8 Å². The van der Waals surface area contributed by atoms with Crippen molar-refractivity contribution in [3.8, 4) is 0 Å². The predicted molar refractivity (Wildman–Crippen MR) is 89.4 cm³/mol. The number of carbonyl (C=O) groups is 2. The summed E-state index contributed by atoms with van der Waals surface area (Å²) in [6.07, 6.45) is 2.98. The highest BCUT2D eigenvalue weighted by atomic mass is 32.1. The number of likely N-dealkylation sites (N-methyl/N-ethyl adjacent to an activating group) is 1. The van der Waals surface area contributed by atoms with E-state index in [1.807, 2.05) is 43.5 Å². The number of benzene rings is 1. The molecule has 0 saturated carbocycles. The van der Waals surface area contributed by atoms with E-state index in [0.717, 1.165) is 15.4 Å². The van der Waals surface area contributed by atoms with Gasteiger partial charge in [0.05, 0.1) is 5.01 Å². The Balaban J connectivity index is 1.68. The van der Waals surface area contributed by atoms with E-state index in [4.69, 9.17) is 0 Å². The lowest BCUT2D eigenvalue weighted by Gasteiger charge is -2.15. The summed E-state index contributed by atoms with van der Waals surface area (Å²) < 4.78 is 0. The van der Waals surface area contributed by atoms with Gasteiger partial charge in [-0.2, -0.15) is 0 Å². The van der Waals surface area contributed by atoms with Gasteiger partial charge in [0.2, 0.25) is 0 Å². The number of amides is 3. The van der Waals surface area contributed by atoms with Crippen LogP contribution in [0, 0.1) is 6.92 Å². The lowest BCUT2D eigenvalue weighted by atomic mass is 10.1. The maximum absolute atomic E-state index is 12.6. The minimum atomic E-state index is -0.414. The molecular formula is C17H19N3O2S. The number of imide groups is 1. The smallest absolute Gasteiger partial charge is 0.315 e. The van der Waals surface area contributed by atoms with Crippen molar-refractivity contribution in [2.75, 3.05) is 13.6 Å². The van der Waals surface area contributed by atoms with Crippen molar-refractivity contribution in [2.24, 2.45) is 0 Å². The molecule has 6 heteroatoms. The number of aryl methyl sites for hydroxylation is 1. The van der Waals surface area contributed by atoms with E-state index in [0.29, 0.717) is 19.4 Å². The molecule has 2 aromatic rings. The van der Waals surface area contributed by atoms with Crippen LogP contribution < -0.4 is 0 Å². The zero-order chi connectivity index (χ0) is 16.4. The van der Waals surface area contributed by atoms with E-state index >= 15 is 0 Å². The van der Waals surface area contributed by atoms with Crippen molar-refractivity contribution in [3.05, 3.63) is 52.0 Å². The van der Waals surface area contributed by atoms with Gasteiger partial charge < -0.3 is 4.90 Å². The fourth-order valence-corrected chi connectivity index (χ4v) is 3.53. The maximum Gasteiger partial charge on any atom is 0.327 e. The molecule has 1 saturated heterocycles. The molecule has 1 aliphatic rings. The van der Waals surface area contributed by atoms with Crippen LogP contribution in [0.25, 0.3) is 0 Å². The molecule has 1 aromatic heterocycles. The van der Waals surface area contributed by atoms with E-state index in [-0.39, 0.29) is 11.9 Å². The normalized spacial score (nSPS) is 18.1. The summed E-state index contributed by atoms with van der Waals surface area (Å²) in [6, 6.07) is 9.15. The van der Waals surface area contributed by atoms with Gasteiger partial charge >= 0.3 is 6.03 Å². The molecule has 0 N–H and O–H groups in total. The molecule has 120 valence electrons. The van der Waals surface area contributed by atoms with Crippen LogP contribution in [0.15, 0.2) is 36.5 Å². The minimum Gasteiger partial charge on any atom is -0.315 e. The monoisotopic (exact) mass is 329 g/mol. The van der Waals surface area contributed by atoms with Crippen LogP contribution in [-0.4, -0.2) is 46.4 Å². The highest BCUT2D eigenvalue weighted by Gasteiger charge is 2.42. The van der Waals surface area contributed by atoms with Crippen LogP contribution >= 0.6 is 11.3 Å². The van der Waals surface area contributed by atoms with Crippen molar-refractivity contribution in [3.63, 3.8) is 0 Å². The minimum absolute atomic E-state index is 0.116. The Morgan fingerprint density at radius 2 is 1.96 bits per heavy atom.